The summed E-state index contributed by atoms with van der Waals surface area (Å²) in [4.78, 5) is 5.91. The van der Waals surface area contributed by atoms with E-state index >= 15 is 0 Å². The molecule has 110 valence electrons. The molecule has 0 saturated carbocycles. The summed E-state index contributed by atoms with van der Waals surface area (Å²) >= 11 is 0. The second-order valence-electron chi connectivity index (χ2n) is 5.52. The molecule has 0 N–H and O–H groups in total. The first-order valence-corrected chi connectivity index (χ1v) is 7.47. The molecule has 2 aliphatic rings. The van der Waals surface area contributed by atoms with Gasteiger partial charge in [0.1, 0.15) is 0 Å². The Hall–Kier alpha value is -0.940. The minimum absolute atomic E-state index is 0.170. The molecule has 0 bridgehead atoms. The van der Waals surface area contributed by atoms with E-state index < -0.39 is 5.79 Å². The molecular formula is C16H23NO3. The van der Waals surface area contributed by atoms with Crippen LogP contribution in [0.4, 0.5) is 0 Å². The number of methoxy groups -OCH3 is 1. The van der Waals surface area contributed by atoms with E-state index in [4.69, 9.17) is 14.3 Å². The Morgan fingerprint density at radius 2 is 2.10 bits per heavy atom. The summed E-state index contributed by atoms with van der Waals surface area (Å²) in [6.07, 6.45) is 4.12. The SMILES string of the molecule is COC12CCON(Cc3ccccc3)C1CCCCO2. The summed E-state index contributed by atoms with van der Waals surface area (Å²) in [5.74, 6) is -0.496. The lowest BCUT2D eigenvalue weighted by molar-refractivity contribution is -0.350. The third-order valence-electron chi connectivity index (χ3n) is 4.31. The van der Waals surface area contributed by atoms with Crippen LogP contribution >= 0.6 is 0 Å². The predicted octanol–water partition coefficient (Wildman–Crippen LogP) is 2.74. The molecule has 2 atom stereocenters. The highest BCUT2D eigenvalue weighted by atomic mass is 16.7. The van der Waals surface area contributed by atoms with Crippen LogP contribution in [0, 0.1) is 0 Å². The normalized spacial score (nSPS) is 31.6. The van der Waals surface area contributed by atoms with Gasteiger partial charge >= 0.3 is 0 Å². The maximum absolute atomic E-state index is 6.07. The number of hydroxylamine groups is 2. The molecular weight excluding hydrogens is 254 g/mol. The highest BCUT2D eigenvalue weighted by Gasteiger charge is 2.47. The molecule has 2 aliphatic heterocycles. The largest absolute Gasteiger partial charge is 0.351 e. The zero-order valence-corrected chi connectivity index (χ0v) is 12.1. The average molecular weight is 277 g/mol. The topological polar surface area (TPSA) is 30.9 Å². The molecule has 20 heavy (non-hydrogen) atoms. The van der Waals surface area contributed by atoms with Crippen LogP contribution in [0.15, 0.2) is 30.3 Å². The van der Waals surface area contributed by atoms with Gasteiger partial charge in [0.05, 0.1) is 19.3 Å². The quantitative estimate of drug-likeness (QED) is 0.850. The summed E-state index contributed by atoms with van der Waals surface area (Å²) in [5, 5.41) is 2.06. The molecule has 0 aliphatic carbocycles. The molecule has 2 fully saturated rings. The second-order valence-corrected chi connectivity index (χ2v) is 5.52. The van der Waals surface area contributed by atoms with Crippen molar-refractivity contribution in [3.8, 4) is 0 Å². The monoisotopic (exact) mass is 277 g/mol. The molecule has 2 unspecified atom stereocenters. The molecule has 4 heteroatoms. The van der Waals surface area contributed by atoms with Crippen molar-refractivity contribution in [1.29, 1.82) is 0 Å². The Labute approximate surface area is 120 Å². The lowest BCUT2D eigenvalue weighted by Crippen LogP contribution is -2.58. The number of fused-ring (bicyclic) bond motifs is 1. The minimum Gasteiger partial charge on any atom is -0.351 e. The minimum atomic E-state index is -0.496. The van der Waals surface area contributed by atoms with Gasteiger partial charge < -0.3 is 9.47 Å². The van der Waals surface area contributed by atoms with Crippen molar-refractivity contribution in [2.45, 2.75) is 44.1 Å². The van der Waals surface area contributed by atoms with Crippen LogP contribution in [0.2, 0.25) is 0 Å². The number of hydrogen-bond donors (Lipinski definition) is 0. The average Bonchev–Trinajstić information content (AvgIpc) is 2.72. The van der Waals surface area contributed by atoms with Crippen molar-refractivity contribution < 1.29 is 14.3 Å². The van der Waals surface area contributed by atoms with Gasteiger partial charge in [-0.25, -0.2) is 0 Å². The molecule has 0 amide bonds. The Bertz CT molecular complexity index is 425. The fraction of sp³-hybridized carbons (Fsp3) is 0.625. The predicted molar refractivity (Wildman–Crippen MR) is 75.9 cm³/mol. The van der Waals surface area contributed by atoms with E-state index in [2.05, 4.69) is 29.3 Å². The van der Waals surface area contributed by atoms with Crippen LogP contribution in [-0.2, 0) is 20.9 Å². The Kier molecular flexibility index (Phi) is 4.36. The van der Waals surface area contributed by atoms with E-state index in [-0.39, 0.29) is 6.04 Å². The van der Waals surface area contributed by atoms with Gasteiger partial charge in [0.2, 0.25) is 0 Å². The first kappa shape index (κ1) is 14.0. The van der Waals surface area contributed by atoms with Crippen LogP contribution in [0.25, 0.3) is 0 Å². The first-order valence-electron chi connectivity index (χ1n) is 7.47. The van der Waals surface area contributed by atoms with Gasteiger partial charge in [-0.1, -0.05) is 30.3 Å². The van der Waals surface area contributed by atoms with E-state index in [9.17, 15) is 0 Å². The van der Waals surface area contributed by atoms with Crippen LogP contribution in [0.5, 0.6) is 0 Å². The Morgan fingerprint density at radius 1 is 1.25 bits per heavy atom. The van der Waals surface area contributed by atoms with Crippen molar-refractivity contribution in [2.75, 3.05) is 20.3 Å². The van der Waals surface area contributed by atoms with E-state index in [1.54, 1.807) is 7.11 Å². The third-order valence-corrected chi connectivity index (χ3v) is 4.31. The van der Waals surface area contributed by atoms with Gasteiger partial charge in [-0.05, 0) is 24.8 Å². The maximum Gasteiger partial charge on any atom is 0.188 e. The molecule has 2 saturated heterocycles. The van der Waals surface area contributed by atoms with Crippen molar-refractivity contribution in [2.24, 2.45) is 0 Å². The molecule has 0 aromatic heterocycles. The van der Waals surface area contributed by atoms with Gasteiger partial charge in [0, 0.05) is 20.1 Å². The van der Waals surface area contributed by atoms with Crippen LogP contribution in [0.3, 0.4) is 0 Å². The second kappa shape index (κ2) is 6.22. The van der Waals surface area contributed by atoms with E-state index in [0.717, 1.165) is 38.8 Å². The summed E-state index contributed by atoms with van der Waals surface area (Å²) in [5.41, 5.74) is 1.25. The number of nitrogens with zero attached hydrogens (tertiary/aromatic N) is 1. The van der Waals surface area contributed by atoms with Gasteiger partial charge in [0.15, 0.2) is 5.79 Å². The molecule has 3 rings (SSSR count). The molecule has 0 radical (unpaired) electrons. The fourth-order valence-electron chi connectivity index (χ4n) is 3.21. The summed E-state index contributed by atoms with van der Waals surface area (Å²) < 4.78 is 11.9. The lowest BCUT2D eigenvalue weighted by atomic mass is 9.97. The Balaban J connectivity index is 1.79. The standard InChI is InChI=1S/C16H23NO3/c1-18-16-10-12-20-17(13-14-7-3-2-4-8-14)15(16)9-5-6-11-19-16/h2-4,7-8,15H,5-6,9-13H2,1H3. The zero-order chi connectivity index (χ0) is 13.8. The van der Waals surface area contributed by atoms with Crippen LogP contribution in [0.1, 0.15) is 31.2 Å². The molecule has 1 aromatic carbocycles. The van der Waals surface area contributed by atoms with E-state index in [0.29, 0.717) is 6.61 Å². The van der Waals surface area contributed by atoms with Gasteiger partial charge in [-0.2, -0.15) is 5.06 Å². The van der Waals surface area contributed by atoms with Crippen molar-refractivity contribution >= 4 is 0 Å². The molecule has 2 heterocycles. The highest BCUT2D eigenvalue weighted by molar-refractivity contribution is 5.14. The van der Waals surface area contributed by atoms with E-state index in [1.165, 1.54) is 5.56 Å². The number of rotatable bonds is 3. The third kappa shape index (κ3) is 2.74. The van der Waals surface area contributed by atoms with Crippen LogP contribution in [-0.4, -0.2) is 37.2 Å². The van der Waals surface area contributed by atoms with Gasteiger partial charge in [-0.15, -0.1) is 0 Å². The maximum atomic E-state index is 6.07. The lowest BCUT2D eigenvalue weighted by Gasteiger charge is -2.46. The summed E-state index contributed by atoms with van der Waals surface area (Å²) in [7, 11) is 1.75. The van der Waals surface area contributed by atoms with Gasteiger partial charge in [-0.3, -0.25) is 4.84 Å². The number of benzene rings is 1. The summed E-state index contributed by atoms with van der Waals surface area (Å²) in [6, 6.07) is 10.6. The van der Waals surface area contributed by atoms with Crippen molar-refractivity contribution in [1.82, 2.24) is 5.06 Å². The highest BCUT2D eigenvalue weighted by Crippen LogP contribution is 2.36. The van der Waals surface area contributed by atoms with Crippen molar-refractivity contribution in [3.05, 3.63) is 35.9 Å². The summed E-state index contributed by atoms with van der Waals surface area (Å²) in [6.45, 7) is 2.21. The molecule has 4 nitrogen and oxygen atoms in total. The van der Waals surface area contributed by atoms with Crippen LogP contribution < -0.4 is 0 Å². The van der Waals surface area contributed by atoms with Crippen molar-refractivity contribution in [3.63, 3.8) is 0 Å². The number of hydrogen-bond acceptors (Lipinski definition) is 4. The fourth-order valence-corrected chi connectivity index (χ4v) is 3.21. The Morgan fingerprint density at radius 3 is 2.90 bits per heavy atom. The molecule has 1 aromatic rings. The van der Waals surface area contributed by atoms with Gasteiger partial charge in [0.25, 0.3) is 0 Å². The van der Waals surface area contributed by atoms with E-state index in [1.807, 2.05) is 6.07 Å². The molecule has 0 spiro atoms. The zero-order valence-electron chi connectivity index (χ0n) is 12.1. The number of ether oxygens (including phenoxy) is 2. The first-order chi connectivity index (χ1) is 9.84. The smallest absolute Gasteiger partial charge is 0.188 e.